The average molecular weight is 244 g/mol. The molecule has 98 valence electrons. The van der Waals surface area contributed by atoms with E-state index in [0.29, 0.717) is 6.04 Å². The monoisotopic (exact) mass is 244 g/mol. The van der Waals surface area contributed by atoms with Gasteiger partial charge in [-0.25, -0.2) is 0 Å². The first-order chi connectivity index (χ1) is 8.69. The topological polar surface area (TPSA) is 15.3 Å². The van der Waals surface area contributed by atoms with Gasteiger partial charge in [0.05, 0.1) is 0 Å². The van der Waals surface area contributed by atoms with Gasteiger partial charge in [0.25, 0.3) is 0 Å². The first-order valence-corrected chi connectivity index (χ1v) is 6.86. The van der Waals surface area contributed by atoms with Gasteiger partial charge in [-0.3, -0.25) is 4.90 Å². The van der Waals surface area contributed by atoms with Crippen LogP contribution in [0.4, 0.5) is 0 Å². The Morgan fingerprint density at radius 2 is 2.11 bits per heavy atom. The van der Waals surface area contributed by atoms with Gasteiger partial charge in [0, 0.05) is 25.7 Å². The van der Waals surface area contributed by atoms with E-state index in [-0.39, 0.29) is 0 Å². The fourth-order valence-corrected chi connectivity index (χ4v) is 2.65. The van der Waals surface area contributed by atoms with E-state index in [2.05, 4.69) is 54.9 Å². The molecule has 1 atom stereocenters. The fraction of sp³-hybridized carbons (Fsp3) is 0.500. The molecule has 1 N–H and O–H groups in total. The van der Waals surface area contributed by atoms with Crippen molar-refractivity contribution in [2.45, 2.75) is 32.9 Å². The van der Waals surface area contributed by atoms with Gasteiger partial charge in [0.15, 0.2) is 0 Å². The first kappa shape index (κ1) is 13.3. The Balaban J connectivity index is 1.94. The molecule has 0 radical (unpaired) electrons. The molecule has 0 aromatic heterocycles. The standard InChI is InChI=1S/C16H24N2/c1-4-18(11-13(2)3)12-16-9-14-7-5-6-8-15(14)10-17-16/h5-8,16-17H,2,4,9-12H2,1,3H3. The Hall–Kier alpha value is -1.12. The lowest BCUT2D eigenvalue weighted by Crippen LogP contribution is -2.45. The van der Waals surface area contributed by atoms with E-state index in [0.717, 1.165) is 32.6 Å². The van der Waals surface area contributed by atoms with E-state index < -0.39 is 0 Å². The number of nitrogens with one attached hydrogen (secondary N) is 1. The highest BCUT2D eigenvalue weighted by molar-refractivity contribution is 5.29. The molecule has 0 saturated carbocycles. The Labute approximate surface area is 111 Å². The number of likely N-dealkylation sites (N-methyl/N-ethyl adjacent to an activating group) is 1. The van der Waals surface area contributed by atoms with Gasteiger partial charge >= 0.3 is 0 Å². The molecule has 2 nitrogen and oxygen atoms in total. The van der Waals surface area contributed by atoms with Gasteiger partial charge in [0.1, 0.15) is 0 Å². The van der Waals surface area contributed by atoms with E-state index in [4.69, 9.17) is 0 Å². The molecular formula is C16H24N2. The minimum Gasteiger partial charge on any atom is -0.308 e. The molecule has 18 heavy (non-hydrogen) atoms. The maximum Gasteiger partial charge on any atom is 0.0238 e. The SMILES string of the molecule is C=C(C)CN(CC)CC1Cc2ccccc2CN1. The average Bonchev–Trinajstić information content (AvgIpc) is 2.37. The number of hydrogen-bond acceptors (Lipinski definition) is 2. The summed E-state index contributed by atoms with van der Waals surface area (Å²) >= 11 is 0. The molecular weight excluding hydrogens is 220 g/mol. The number of hydrogen-bond donors (Lipinski definition) is 1. The Bertz CT molecular complexity index is 411. The van der Waals surface area contributed by atoms with Crippen LogP contribution in [0.3, 0.4) is 0 Å². The van der Waals surface area contributed by atoms with E-state index in [9.17, 15) is 0 Å². The van der Waals surface area contributed by atoms with Crippen molar-refractivity contribution < 1.29 is 0 Å². The predicted octanol–water partition coefficient (Wildman–Crippen LogP) is 2.60. The lowest BCUT2D eigenvalue weighted by Gasteiger charge is -2.31. The second kappa shape index (κ2) is 6.17. The van der Waals surface area contributed by atoms with E-state index in [1.165, 1.54) is 16.7 Å². The Morgan fingerprint density at radius 1 is 1.39 bits per heavy atom. The maximum absolute atomic E-state index is 4.01. The van der Waals surface area contributed by atoms with Crippen molar-refractivity contribution in [2.24, 2.45) is 0 Å². The van der Waals surface area contributed by atoms with E-state index in [1.807, 2.05) is 0 Å². The van der Waals surface area contributed by atoms with Crippen LogP contribution in [0.15, 0.2) is 36.4 Å². The van der Waals surface area contributed by atoms with Crippen LogP contribution in [0.25, 0.3) is 0 Å². The Kier molecular flexibility index (Phi) is 4.56. The molecule has 1 unspecified atom stereocenters. The lowest BCUT2D eigenvalue weighted by atomic mass is 9.95. The highest BCUT2D eigenvalue weighted by Gasteiger charge is 2.19. The minimum atomic E-state index is 0.569. The van der Waals surface area contributed by atoms with Crippen molar-refractivity contribution in [2.75, 3.05) is 19.6 Å². The highest BCUT2D eigenvalue weighted by Crippen LogP contribution is 2.16. The second-order valence-electron chi connectivity index (χ2n) is 5.34. The van der Waals surface area contributed by atoms with Crippen molar-refractivity contribution in [1.29, 1.82) is 0 Å². The fourth-order valence-electron chi connectivity index (χ4n) is 2.65. The van der Waals surface area contributed by atoms with Crippen molar-refractivity contribution in [1.82, 2.24) is 10.2 Å². The summed E-state index contributed by atoms with van der Waals surface area (Å²) in [7, 11) is 0. The number of benzene rings is 1. The largest absolute Gasteiger partial charge is 0.308 e. The normalized spacial score (nSPS) is 18.7. The summed E-state index contributed by atoms with van der Waals surface area (Å²) in [4.78, 5) is 2.47. The molecule has 0 bridgehead atoms. The molecule has 1 aliphatic heterocycles. The highest BCUT2D eigenvalue weighted by atomic mass is 15.1. The summed E-state index contributed by atoms with van der Waals surface area (Å²) in [5.41, 5.74) is 4.21. The third-order valence-corrected chi connectivity index (χ3v) is 3.59. The molecule has 1 aromatic rings. The first-order valence-electron chi connectivity index (χ1n) is 6.86. The zero-order valence-electron chi connectivity index (χ0n) is 11.6. The third-order valence-electron chi connectivity index (χ3n) is 3.59. The maximum atomic E-state index is 4.01. The van der Waals surface area contributed by atoms with Crippen molar-refractivity contribution >= 4 is 0 Å². The Morgan fingerprint density at radius 3 is 2.78 bits per heavy atom. The summed E-state index contributed by atoms with van der Waals surface area (Å²) in [6.45, 7) is 12.5. The minimum absolute atomic E-state index is 0.569. The van der Waals surface area contributed by atoms with Gasteiger partial charge in [0.2, 0.25) is 0 Å². The summed E-state index contributed by atoms with van der Waals surface area (Å²) in [5, 5.41) is 3.64. The lowest BCUT2D eigenvalue weighted by molar-refractivity contribution is 0.264. The van der Waals surface area contributed by atoms with Gasteiger partial charge in [-0.05, 0) is 31.0 Å². The van der Waals surface area contributed by atoms with Gasteiger partial charge in [-0.15, -0.1) is 0 Å². The van der Waals surface area contributed by atoms with Gasteiger partial charge < -0.3 is 5.32 Å². The zero-order valence-corrected chi connectivity index (χ0v) is 11.6. The summed E-state index contributed by atoms with van der Waals surface area (Å²) < 4.78 is 0. The van der Waals surface area contributed by atoms with Crippen molar-refractivity contribution in [3.8, 4) is 0 Å². The molecule has 0 fully saturated rings. The van der Waals surface area contributed by atoms with Crippen molar-refractivity contribution in [3.05, 3.63) is 47.5 Å². The van der Waals surface area contributed by atoms with Gasteiger partial charge in [-0.2, -0.15) is 0 Å². The molecule has 1 aromatic carbocycles. The van der Waals surface area contributed by atoms with Gasteiger partial charge in [-0.1, -0.05) is 43.3 Å². The van der Waals surface area contributed by atoms with Crippen LogP contribution in [0, 0.1) is 0 Å². The van der Waals surface area contributed by atoms with Crippen LogP contribution in [0.2, 0.25) is 0 Å². The van der Waals surface area contributed by atoms with E-state index >= 15 is 0 Å². The second-order valence-corrected chi connectivity index (χ2v) is 5.34. The summed E-state index contributed by atoms with van der Waals surface area (Å²) in [5.74, 6) is 0. The van der Waals surface area contributed by atoms with E-state index in [1.54, 1.807) is 0 Å². The predicted molar refractivity (Wildman–Crippen MR) is 77.7 cm³/mol. The van der Waals surface area contributed by atoms with Crippen molar-refractivity contribution in [3.63, 3.8) is 0 Å². The van der Waals surface area contributed by atoms with Crippen LogP contribution < -0.4 is 5.32 Å². The molecule has 0 amide bonds. The number of fused-ring (bicyclic) bond motifs is 1. The molecule has 0 saturated heterocycles. The molecule has 1 aliphatic rings. The van der Waals surface area contributed by atoms with Crippen LogP contribution in [0.1, 0.15) is 25.0 Å². The van der Waals surface area contributed by atoms with Crippen LogP contribution in [-0.4, -0.2) is 30.6 Å². The molecule has 0 spiro atoms. The molecule has 1 heterocycles. The quantitative estimate of drug-likeness (QED) is 0.801. The summed E-state index contributed by atoms with van der Waals surface area (Å²) in [6, 6.07) is 9.33. The molecule has 2 heteroatoms. The molecule has 2 rings (SSSR count). The zero-order chi connectivity index (χ0) is 13.0. The molecule has 0 aliphatic carbocycles. The number of rotatable bonds is 5. The summed E-state index contributed by atoms with van der Waals surface area (Å²) in [6.07, 6.45) is 1.14. The van der Waals surface area contributed by atoms with Crippen LogP contribution in [0.5, 0.6) is 0 Å². The smallest absolute Gasteiger partial charge is 0.0238 e. The van der Waals surface area contributed by atoms with Crippen LogP contribution >= 0.6 is 0 Å². The third kappa shape index (κ3) is 3.44. The number of nitrogens with zero attached hydrogens (tertiary/aromatic N) is 1. The van der Waals surface area contributed by atoms with Crippen LogP contribution in [-0.2, 0) is 13.0 Å².